The maximum Gasteiger partial charge on any atom is 0.355 e. The van der Waals surface area contributed by atoms with Crippen molar-refractivity contribution in [2.24, 2.45) is 22.7 Å². The Morgan fingerprint density at radius 2 is 2.12 bits per heavy atom. The molecule has 0 saturated heterocycles. The smallest absolute Gasteiger partial charge is 0.355 e. The predicted molar refractivity (Wildman–Crippen MR) is 159 cm³/mol. The van der Waals surface area contributed by atoms with Gasteiger partial charge < -0.3 is 25.7 Å². The van der Waals surface area contributed by atoms with Gasteiger partial charge in [0.15, 0.2) is 11.6 Å². The van der Waals surface area contributed by atoms with Gasteiger partial charge in [-0.3, -0.25) is 4.79 Å². The number of hydrogen-bond acceptors (Lipinski definition) is 7. The number of nitrogens with one attached hydrogen (secondary N) is 2. The topological polar surface area (TPSA) is 126 Å². The zero-order valence-electron chi connectivity index (χ0n) is 24.5. The number of carbonyl (C=O) groups excluding carboxylic acids is 2. The number of nitrogens with two attached hydrogens (primary N) is 1. The lowest BCUT2D eigenvalue weighted by atomic mass is 9.47. The predicted octanol–water partition coefficient (Wildman–Crippen LogP) is 5.75. The molecular formula is C31H44N6O3. The van der Waals surface area contributed by atoms with Crippen LogP contribution in [0.5, 0.6) is 0 Å². The Labute approximate surface area is 237 Å². The van der Waals surface area contributed by atoms with Crippen LogP contribution in [0.1, 0.15) is 76.7 Å². The molecule has 0 aliphatic heterocycles. The maximum absolute atomic E-state index is 12.5. The third-order valence-electron chi connectivity index (χ3n) is 9.74. The second kappa shape index (κ2) is 12.3. The molecule has 4 N–H and O–H groups in total. The van der Waals surface area contributed by atoms with Crippen molar-refractivity contribution in [3.63, 3.8) is 0 Å². The number of rotatable bonds is 11. The molecule has 0 aromatic carbocycles. The fourth-order valence-corrected chi connectivity index (χ4v) is 6.97. The molecular weight excluding hydrogens is 504 g/mol. The third-order valence-corrected chi connectivity index (χ3v) is 9.74. The molecule has 1 amide bonds. The van der Waals surface area contributed by atoms with E-state index in [1.165, 1.54) is 17.5 Å². The Morgan fingerprint density at radius 3 is 2.83 bits per heavy atom. The molecule has 0 radical (unpaired) electrons. The van der Waals surface area contributed by atoms with Crippen molar-refractivity contribution in [3.05, 3.63) is 53.6 Å². The van der Waals surface area contributed by atoms with Crippen molar-refractivity contribution in [2.75, 3.05) is 36.1 Å². The van der Waals surface area contributed by atoms with Gasteiger partial charge in [-0.1, -0.05) is 38.5 Å². The SMILES string of the molecule is CNc1ncnc(N)c1N(C=O)C/C=C(\C)CC[C@]1(C)[C@@H](C)CC[C@@]2(C)C(COC(=O)c3ccc[nH]3)=CCC[C@@H]12. The number of allylic oxidation sites excluding steroid dienone is 2. The number of nitrogen functional groups attached to an aromatic ring is 1. The van der Waals surface area contributed by atoms with Crippen LogP contribution < -0.4 is 16.0 Å². The number of nitrogens with zero attached hydrogens (tertiary/aromatic N) is 3. The number of aromatic amines is 1. The lowest BCUT2D eigenvalue weighted by Crippen LogP contribution is -2.50. The van der Waals surface area contributed by atoms with Gasteiger partial charge in [0.05, 0.1) is 0 Å². The first-order valence-electron chi connectivity index (χ1n) is 14.3. The van der Waals surface area contributed by atoms with Crippen LogP contribution in [-0.4, -0.2) is 47.5 Å². The van der Waals surface area contributed by atoms with E-state index in [4.69, 9.17) is 10.5 Å². The monoisotopic (exact) mass is 548 g/mol. The normalized spacial score (nSPS) is 26.4. The number of aromatic nitrogens is 3. The summed E-state index contributed by atoms with van der Waals surface area (Å²) in [6.07, 6.45) is 14.7. The Hall–Kier alpha value is -3.62. The molecule has 9 nitrogen and oxygen atoms in total. The van der Waals surface area contributed by atoms with Gasteiger partial charge in [0.2, 0.25) is 6.41 Å². The summed E-state index contributed by atoms with van der Waals surface area (Å²) in [4.78, 5) is 37.2. The quantitative estimate of drug-likeness (QED) is 0.185. The van der Waals surface area contributed by atoms with Gasteiger partial charge in [-0.2, -0.15) is 0 Å². The van der Waals surface area contributed by atoms with E-state index in [2.05, 4.69) is 60.1 Å². The highest BCUT2D eigenvalue weighted by Gasteiger charge is 2.53. The van der Waals surface area contributed by atoms with Crippen molar-refractivity contribution in [3.8, 4) is 0 Å². The average molecular weight is 549 g/mol. The summed E-state index contributed by atoms with van der Waals surface area (Å²) in [5, 5.41) is 2.99. The molecule has 216 valence electrons. The standard InChI is InChI=1S/C31H44N6O3/c1-21(13-17-37(20-38)26-27(32)35-19-36-28(26)33-5)11-14-30(3)22(2)12-15-31(4)23(8-6-10-25(30)31)18-40-29(39)24-9-7-16-34-24/h7-9,13,16,19-20,22,25,34H,6,10-12,14-15,17-18H2,1-5H3,(H3,32,33,35,36)/b21-13+/t22-,25-,30+,31-/m0/s1. The fourth-order valence-electron chi connectivity index (χ4n) is 6.97. The van der Waals surface area contributed by atoms with Crippen molar-refractivity contribution in [1.82, 2.24) is 15.0 Å². The molecule has 0 bridgehead atoms. The van der Waals surface area contributed by atoms with Crippen LogP contribution in [-0.2, 0) is 9.53 Å². The second-order valence-corrected chi connectivity index (χ2v) is 11.9. The van der Waals surface area contributed by atoms with Crippen molar-refractivity contribution < 1.29 is 14.3 Å². The van der Waals surface area contributed by atoms with Crippen LogP contribution in [0.2, 0.25) is 0 Å². The molecule has 1 saturated carbocycles. The van der Waals surface area contributed by atoms with Gasteiger partial charge in [-0.25, -0.2) is 14.8 Å². The number of H-pyrrole nitrogens is 1. The van der Waals surface area contributed by atoms with Crippen molar-refractivity contribution >= 4 is 29.7 Å². The second-order valence-electron chi connectivity index (χ2n) is 11.9. The van der Waals surface area contributed by atoms with Gasteiger partial charge >= 0.3 is 5.97 Å². The van der Waals surface area contributed by atoms with Crippen molar-refractivity contribution in [2.45, 2.75) is 66.2 Å². The lowest BCUT2D eigenvalue weighted by molar-refractivity contribution is -0.107. The summed E-state index contributed by atoms with van der Waals surface area (Å²) < 4.78 is 5.76. The molecule has 2 aromatic rings. The van der Waals surface area contributed by atoms with Crippen LogP contribution in [0.15, 0.2) is 48.0 Å². The van der Waals surface area contributed by atoms with Crippen LogP contribution >= 0.6 is 0 Å². The fraction of sp³-hybridized carbons (Fsp3) is 0.548. The van der Waals surface area contributed by atoms with E-state index in [0.717, 1.165) is 44.9 Å². The summed E-state index contributed by atoms with van der Waals surface area (Å²) in [5.41, 5.74) is 9.70. The van der Waals surface area contributed by atoms with E-state index in [9.17, 15) is 9.59 Å². The molecule has 4 rings (SSSR count). The maximum atomic E-state index is 12.5. The van der Waals surface area contributed by atoms with E-state index < -0.39 is 0 Å². The molecule has 4 atom stereocenters. The Balaban J connectivity index is 1.44. The summed E-state index contributed by atoms with van der Waals surface area (Å²) >= 11 is 0. The molecule has 40 heavy (non-hydrogen) atoms. The van der Waals surface area contributed by atoms with Gasteiger partial charge in [-0.15, -0.1) is 0 Å². The number of ether oxygens (including phenoxy) is 1. The van der Waals surface area contributed by atoms with Crippen LogP contribution in [0.4, 0.5) is 17.3 Å². The summed E-state index contributed by atoms with van der Waals surface area (Å²) in [5.74, 6) is 1.57. The summed E-state index contributed by atoms with van der Waals surface area (Å²) in [6.45, 7) is 10.1. The molecule has 9 heteroatoms. The number of carbonyl (C=O) groups is 2. The summed E-state index contributed by atoms with van der Waals surface area (Å²) in [7, 11) is 1.74. The lowest BCUT2D eigenvalue weighted by Gasteiger charge is -2.58. The molecule has 0 spiro atoms. The van der Waals surface area contributed by atoms with Crippen LogP contribution in [0.3, 0.4) is 0 Å². The summed E-state index contributed by atoms with van der Waals surface area (Å²) in [6, 6.07) is 3.55. The zero-order chi connectivity index (χ0) is 28.9. The first-order valence-corrected chi connectivity index (χ1v) is 14.3. The molecule has 2 heterocycles. The number of esters is 1. The minimum atomic E-state index is -0.306. The first kappa shape index (κ1) is 29.4. The van der Waals surface area contributed by atoms with Crippen LogP contribution in [0.25, 0.3) is 0 Å². The van der Waals surface area contributed by atoms with E-state index >= 15 is 0 Å². The minimum absolute atomic E-state index is 0.00977. The van der Waals surface area contributed by atoms with Crippen molar-refractivity contribution in [1.29, 1.82) is 0 Å². The zero-order valence-corrected chi connectivity index (χ0v) is 24.5. The van der Waals surface area contributed by atoms with E-state index in [-0.39, 0.29) is 22.6 Å². The largest absolute Gasteiger partial charge is 0.456 e. The molecule has 2 aliphatic carbocycles. The van der Waals surface area contributed by atoms with E-state index in [1.54, 1.807) is 30.3 Å². The average Bonchev–Trinajstić information content (AvgIpc) is 3.49. The molecule has 0 unspecified atom stereocenters. The Kier molecular flexibility index (Phi) is 9.01. The van der Waals surface area contributed by atoms with Gasteiger partial charge in [0, 0.05) is 19.8 Å². The van der Waals surface area contributed by atoms with Gasteiger partial charge in [-0.05, 0) is 85.8 Å². The number of amides is 1. The van der Waals surface area contributed by atoms with Gasteiger partial charge in [0.25, 0.3) is 0 Å². The highest BCUT2D eigenvalue weighted by Crippen LogP contribution is 2.62. The van der Waals surface area contributed by atoms with E-state index in [0.29, 0.717) is 42.2 Å². The van der Waals surface area contributed by atoms with E-state index in [1.807, 2.05) is 0 Å². The molecule has 2 aromatic heterocycles. The third kappa shape index (κ3) is 5.78. The molecule has 2 aliphatic rings. The number of anilines is 3. The van der Waals surface area contributed by atoms with Crippen LogP contribution in [0, 0.1) is 22.7 Å². The minimum Gasteiger partial charge on any atom is -0.456 e. The Bertz CT molecular complexity index is 1260. The highest BCUT2D eigenvalue weighted by molar-refractivity contribution is 5.88. The Morgan fingerprint density at radius 1 is 1.32 bits per heavy atom. The molecule has 1 fully saturated rings. The first-order chi connectivity index (χ1) is 19.1. The number of hydrogen-bond donors (Lipinski definition) is 3. The van der Waals surface area contributed by atoms with Gasteiger partial charge in [0.1, 0.15) is 24.3 Å². The number of fused-ring (bicyclic) bond motifs is 1. The highest BCUT2D eigenvalue weighted by atomic mass is 16.5.